The highest BCUT2D eigenvalue weighted by Crippen LogP contribution is 2.23. The van der Waals surface area contributed by atoms with Crippen LogP contribution in [-0.4, -0.2) is 13.2 Å². The second kappa shape index (κ2) is 7.42. The number of nitriles is 1. The summed E-state index contributed by atoms with van der Waals surface area (Å²) in [5, 5.41) is 12.7. The molecular weight excluding hydrogens is 272 g/mol. The van der Waals surface area contributed by atoms with Crippen molar-refractivity contribution >= 4 is 17.3 Å². The van der Waals surface area contributed by atoms with Crippen LogP contribution >= 0.6 is 11.6 Å². The Balaban J connectivity index is 1.77. The van der Waals surface area contributed by atoms with Crippen molar-refractivity contribution in [2.45, 2.75) is 6.42 Å². The molecule has 2 aromatic rings. The van der Waals surface area contributed by atoms with Gasteiger partial charge in [-0.05, 0) is 30.7 Å². The summed E-state index contributed by atoms with van der Waals surface area (Å²) in [5.41, 5.74) is 1.25. The van der Waals surface area contributed by atoms with Crippen LogP contribution in [-0.2, 0) is 0 Å². The van der Waals surface area contributed by atoms with Crippen molar-refractivity contribution in [3.05, 3.63) is 59.1 Å². The minimum Gasteiger partial charge on any atom is -0.494 e. The number of rotatable bonds is 6. The quantitative estimate of drug-likeness (QED) is 0.814. The minimum absolute atomic E-state index is 0.470. The fraction of sp³-hybridized carbons (Fsp3) is 0.188. The predicted octanol–water partition coefficient (Wildman–Crippen LogP) is 4.09. The van der Waals surface area contributed by atoms with E-state index in [1.54, 1.807) is 6.07 Å². The molecule has 0 bridgehead atoms. The fourth-order valence-corrected chi connectivity index (χ4v) is 2.00. The Labute approximate surface area is 123 Å². The van der Waals surface area contributed by atoms with Crippen molar-refractivity contribution in [2.75, 3.05) is 18.5 Å². The molecule has 20 heavy (non-hydrogen) atoms. The lowest BCUT2D eigenvalue weighted by Crippen LogP contribution is -2.08. The summed E-state index contributed by atoms with van der Waals surface area (Å²) in [6.07, 6.45) is 0.840. The zero-order valence-electron chi connectivity index (χ0n) is 11.0. The molecule has 0 amide bonds. The molecule has 0 heterocycles. The van der Waals surface area contributed by atoms with Crippen LogP contribution < -0.4 is 10.1 Å². The van der Waals surface area contributed by atoms with E-state index in [-0.39, 0.29) is 0 Å². The summed E-state index contributed by atoms with van der Waals surface area (Å²) >= 11 is 5.96. The summed E-state index contributed by atoms with van der Waals surface area (Å²) in [4.78, 5) is 0. The molecule has 3 nitrogen and oxygen atoms in total. The lowest BCUT2D eigenvalue weighted by Gasteiger charge is -2.10. The number of anilines is 1. The van der Waals surface area contributed by atoms with Crippen molar-refractivity contribution in [3.63, 3.8) is 0 Å². The first-order valence-electron chi connectivity index (χ1n) is 6.41. The first-order valence-corrected chi connectivity index (χ1v) is 6.79. The van der Waals surface area contributed by atoms with Gasteiger partial charge in [0.1, 0.15) is 11.8 Å². The first-order chi connectivity index (χ1) is 9.81. The molecule has 0 aliphatic rings. The molecule has 0 spiro atoms. The van der Waals surface area contributed by atoms with Crippen LogP contribution in [0.5, 0.6) is 5.75 Å². The summed E-state index contributed by atoms with van der Waals surface area (Å²) in [6.45, 7) is 1.35. The third-order valence-corrected chi connectivity index (χ3v) is 3.09. The van der Waals surface area contributed by atoms with E-state index >= 15 is 0 Å². The third-order valence-electron chi connectivity index (χ3n) is 2.77. The standard InChI is InChI=1S/C16H15ClN2O/c17-15-8-4-9-16(14(15)12-18)19-10-5-11-20-13-6-2-1-3-7-13/h1-4,6-9,19H,5,10-11H2. The summed E-state index contributed by atoms with van der Waals surface area (Å²) in [7, 11) is 0. The SMILES string of the molecule is N#Cc1c(Cl)cccc1NCCCOc1ccccc1. The number of nitrogens with zero attached hydrogens (tertiary/aromatic N) is 1. The van der Waals surface area contributed by atoms with Gasteiger partial charge in [-0.15, -0.1) is 0 Å². The largest absolute Gasteiger partial charge is 0.494 e. The second-order valence-corrected chi connectivity index (χ2v) is 4.62. The van der Waals surface area contributed by atoms with E-state index in [1.165, 1.54) is 0 Å². The van der Waals surface area contributed by atoms with Crippen LogP contribution in [0.25, 0.3) is 0 Å². The van der Waals surface area contributed by atoms with Gasteiger partial charge in [0.2, 0.25) is 0 Å². The highest BCUT2D eigenvalue weighted by Gasteiger charge is 2.05. The molecule has 2 aromatic carbocycles. The van der Waals surface area contributed by atoms with Gasteiger partial charge in [-0.2, -0.15) is 5.26 Å². The molecule has 0 saturated carbocycles. The number of halogens is 1. The van der Waals surface area contributed by atoms with E-state index < -0.39 is 0 Å². The maximum absolute atomic E-state index is 9.05. The minimum atomic E-state index is 0.470. The van der Waals surface area contributed by atoms with Crippen LogP contribution in [0.1, 0.15) is 12.0 Å². The van der Waals surface area contributed by atoms with Gasteiger partial charge in [-0.1, -0.05) is 35.9 Å². The molecule has 0 aliphatic heterocycles. The highest BCUT2D eigenvalue weighted by atomic mass is 35.5. The summed E-state index contributed by atoms with van der Waals surface area (Å²) < 4.78 is 5.59. The Morgan fingerprint density at radius 2 is 1.90 bits per heavy atom. The Morgan fingerprint density at radius 3 is 2.65 bits per heavy atom. The molecule has 0 fully saturated rings. The van der Waals surface area contributed by atoms with E-state index in [1.807, 2.05) is 42.5 Å². The lowest BCUT2D eigenvalue weighted by atomic mass is 10.2. The molecule has 0 atom stereocenters. The summed E-state index contributed by atoms with van der Waals surface area (Å²) in [5.74, 6) is 0.868. The molecule has 102 valence electrons. The maximum atomic E-state index is 9.05. The van der Waals surface area contributed by atoms with Crippen LogP contribution in [0, 0.1) is 11.3 Å². The molecular formula is C16H15ClN2O. The van der Waals surface area contributed by atoms with E-state index in [9.17, 15) is 0 Å². The Bertz CT molecular complexity index is 593. The van der Waals surface area contributed by atoms with Crippen molar-refractivity contribution < 1.29 is 4.74 Å². The van der Waals surface area contributed by atoms with Crippen molar-refractivity contribution in [1.29, 1.82) is 5.26 Å². The normalized spacial score (nSPS) is 9.80. The van der Waals surface area contributed by atoms with E-state index in [2.05, 4.69) is 11.4 Å². The van der Waals surface area contributed by atoms with Crippen LogP contribution in [0.2, 0.25) is 5.02 Å². The zero-order valence-corrected chi connectivity index (χ0v) is 11.7. The second-order valence-electron chi connectivity index (χ2n) is 4.22. The number of nitrogens with one attached hydrogen (secondary N) is 1. The zero-order chi connectivity index (χ0) is 14.2. The number of para-hydroxylation sites is 1. The average molecular weight is 287 g/mol. The van der Waals surface area contributed by atoms with Crippen LogP contribution in [0.4, 0.5) is 5.69 Å². The Morgan fingerprint density at radius 1 is 1.10 bits per heavy atom. The number of benzene rings is 2. The van der Waals surface area contributed by atoms with Crippen molar-refractivity contribution in [3.8, 4) is 11.8 Å². The van der Waals surface area contributed by atoms with Crippen LogP contribution in [0.15, 0.2) is 48.5 Å². The molecule has 1 N–H and O–H groups in total. The summed E-state index contributed by atoms with van der Waals surface area (Å²) in [6, 6.07) is 17.2. The maximum Gasteiger partial charge on any atom is 0.119 e. The molecule has 2 rings (SSSR count). The molecule has 4 heteroatoms. The monoisotopic (exact) mass is 286 g/mol. The predicted molar refractivity (Wildman–Crippen MR) is 81.2 cm³/mol. The molecule has 0 aromatic heterocycles. The van der Waals surface area contributed by atoms with E-state index in [0.717, 1.165) is 24.4 Å². The van der Waals surface area contributed by atoms with E-state index in [0.29, 0.717) is 17.2 Å². The average Bonchev–Trinajstić information content (AvgIpc) is 2.48. The highest BCUT2D eigenvalue weighted by molar-refractivity contribution is 6.32. The molecule has 0 radical (unpaired) electrons. The van der Waals surface area contributed by atoms with Gasteiger partial charge < -0.3 is 10.1 Å². The van der Waals surface area contributed by atoms with Crippen LogP contribution in [0.3, 0.4) is 0 Å². The number of hydrogen-bond donors (Lipinski definition) is 1. The van der Waals surface area contributed by atoms with Gasteiger partial charge in [0.05, 0.1) is 22.9 Å². The van der Waals surface area contributed by atoms with Crippen molar-refractivity contribution in [2.24, 2.45) is 0 Å². The van der Waals surface area contributed by atoms with Crippen molar-refractivity contribution in [1.82, 2.24) is 0 Å². The van der Waals surface area contributed by atoms with E-state index in [4.69, 9.17) is 21.6 Å². The topological polar surface area (TPSA) is 45.0 Å². The fourth-order valence-electron chi connectivity index (χ4n) is 1.79. The number of hydrogen-bond acceptors (Lipinski definition) is 3. The Hall–Kier alpha value is -2.18. The van der Waals surface area contributed by atoms with Gasteiger partial charge in [0, 0.05) is 6.54 Å². The number of ether oxygens (including phenoxy) is 1. The smallest absolute Gasteiger partial charge is 0.119 e. The van der Waals surface area contributed by atoms with Gasteiger partial charge >= 0.3 is 0 Å². The molecule has 0 aliphatic carbocycles. The molecule has 0 unspecified atom stereocenters. The van der Waals surface area contributed by atoms with Gasteiger partial charge in [0.25, 0.3) is 0 Å². The van der Waals surface area contributed by atoms with Gasteiger partial charge in [0.15, 0.2) is 0 Å². The third kappa shape index (κ3) is 3.91. The Kier molecular flexibility index (Phi) is 5.28. The lowest BCUT2D eigenvalue weighted by molar-refractivity contribution is 0.315. The molecule has 0 saturated heterocycles. The van der Waals surface area contributed by atoms with Gasteiger partial charge in [-0.3, -0.25) is 0 Å². The first kappa shape index (κ1) is 14.2. The van der Waals surface area contributed by atoms with Gasteiger partial charge in [-0.25, -0.2) is 0 Å².